The van der Waals surface area contributed by atoms with E-state index in [1.807, 2.05) is 13.8 Å². The highest BCUT2D eigenvalue weighted by molar-refractivity contribution is 5.72. The summed E-state index contributed by atoms with van der Waals surface area (Å²) in [6.45, 7) is 16.1. The molecule has 0 aromatic heterocycles. The fraction of sp³-hybridized carbons (Fsp3) is 0.973. The first-order valence-electron chi connectivity index (χ1n) is 18.5. The fourth-order valence-electron chi connectivity index (χ4n) is 13.7. The highest BCUT2D eigenvalue weighted by atomic mass is 16.7. The van der Waals surface area contributed by atoms with Crippen LogP contribution in [0.2, 0.25) is 0 Å². The van der Waals surface area contributed by atoms with Crippen molar-refractivity contribution in [3.8, 4) is 0 Å². The van der Waals surface area contributed by atoms with Gasteiger partial charge in [-0.3, -0.25) is 4.90 Å². The molecule has 5 saturated carbocycles. The lowest BCUT2D eigenvalue weighted by molar-refractivity contribution is -0.253. The van der Waals surface area contributed by atoms with Crippen molar-refractivity contribution in [3.63, 3.8) is 0 Å². The van der Waals surface area contributed by atoms with Crippen molar-refractivity contribution in [2.45, 2.75) is 141 Å². The molecule has 8 heteroatoms. The molecule has 254 valence electrons. The van der Waals surface area contributed by atoms with Crippen LogP contribution in [0, 0.1) is 45.3 Å². The van der Waals surface area contributed by atoms with Gasteiger partial charge in [0.05, 0.1) is 50.7 Å². The third kappa shape index (κ3) is 4.27. The second kappa shape index (κ2) is 10.1. The largest absolute Gasteiger partial charge is 0.455 e. The molecular formula is C37H59NO7. The quantitative estimate of drug-likeness (QED) is 0.372. The van der Waals surface area contributed by atoms with E-state index in [-0.39, 0.29) is 44.0 Å². The predicted molar refractivity (Wildman–Crippen MR) is 168 cm³/mol. The topological polar surface area (TPSA) is 75.7 Å². The molecule has 5 aliphatic carbocycles. The lowest BCUT2D eigenvalue weighted by Gasteiger charge is -2.60. The molecule has 0 aromatic carbocycles. The van der Waals surface area contributed by atoms with E-state index in [0.29, 0.717) is 34.3 Å². The van der Waals surface area contributed by atoms with Gasteiger partial charge in [0.1, 0.15) is 18.3 Å². The minimum absolute atomic E-state index is 0. The summed E-state index contributed by atoms with van der Waals surface area (Å²) in [5.74, 6) is 2.70. The summed E-state index contributed by atoms with van der Waals surface area (Å²) in [5.41, 5.74) is 0.928. The second-order valence-corrected chi connectivity index (χ2v) is 18.3. The van der Waals surface area contributed by atoms with Gasteiger partial charge in [0.2, 0.25) is 0 Å². The molecule has 9 aliphatic rings. The zero-order valence-corrected chi connectivity index (χ0v) is 28.4. The molecule has 12 atom stereocenters. The van der Waals surface area contributed by atoms with Crippen LogP contribution in [0.4, 0.5) is 0 Å². The monoisotopic (exact) mass is 629 g/mol. The van der Waals surface area contributed by atoms with E-state index < -0.39 is 5.60 Å². The van der Waals surface area contributed by atoms with Gasteiger partial charge in [-0.05, 0) is 123 Å². The van der Waals surface area contributed by atoms with Crippen molar-refractivity contribution in [1.82, 2.24) is 4.90 Å². The van der Waals surface area contributed by atoms with Crippen LogP contribution in [-0.2, 0) is 33.2 Å². The Bertz CT molecular complexity index is 1210. The second-order valence-electron chi connectivity index (χ2n) is 18.3. The zero-order chi connectivity index (χ0) is 31.0. The lowest BCUT2D eigenvalue weighted by Crippen LogP contribution is -2.58. The molecule has 9 rings (SSSR count). The van der Waals surface area contributed by atoms with Gasteiger partial charge in [0.25, 0.3) is 0 Å². The Morgan fingerprint density at radius 2 is 1.69 bits per heavy atom. The summed E-state index contributed by atoms with van der Waals surface area (Å²) < 4.78 is 37.4. The Balaban J connectivity index is 0.00000312. The van der Waals surface area contributed by atoms with Crippen LogP contribution in [0.3, 0.4) is 0 Å². The average molecular weight is 630 g/mol. The number of morpholine rings is 1. The molecule has 9 fully saturated rings. The van der Waals surface area contributed by atoms with Crippen LogP contribution >= 0.6 is 0 Å². The molecule has 4 heterocycles. The summed E-state index contributed by atoms with van der Waals surface area (Å²) in [6, 6.07) is 0.545. The number of cyclic esters (lactones) is 1. The molecule has 45 heavy (non-hydrogen) atoms. The van der Waals surface area contributed by atoms with Gasteiger partial charge < -0.3 is 28.4 Å². The molecule has 0 amide bonds. The molecule has 0 aromatic rings. The predicted octanol–water partition coefficient (Wildman–Crippen LogP) is 5.60. The van der Waals surface area contributed by atoms with Gasteiger partial charge in [-0.2, -0.15) is 0 Å². The first-order chi connectivity index (χ1) is 21.5. The number of fused-ring (bicyclic) bond motifs is 4. The summed E-state index contributed by atoms with van der Waals surface area (Å²) in [6.07, 6.45) is 13.1. The van der Waals surface area contributed by atoms with Crippen molar-refractivity contribution >= 4 is 5.97 Å². The molecule has 4 saturated heterocycles. The van der Waals surface area contributed by atoms with Crippen LogP contribution in [0.15, 0.2) is 0 Å². The third-order valence-corrected chi connectivity index (χ3v) is 15.9. The Labute approximate surface area is 271 Å². The van der Waals surface area contributed by atoms with Crippen molar-refractivity contribution in [3.05, 3.63) is 0 Å². The SMILES string of the molecule is CC12CC[C@@]34C[C@@]35CC[C@H](OC3CN(C6COC6)CCO3)C(C)(C)C5CCC4C1CC1OC([C@@H]3OCC(=O)OC3(C)C)CCC12.[HH]. The minimum atomic E-state index is -0.645. The van der Waals surface area contributed by atoms with Crippen LogP contribution in [0.1, 0.15) is 100 Å². The van der Waals surface area contributed by atoms with Crippen LogP contribution in [0.25, 0.3) is 0 Å². The first kappa shape index (κ1) is 30.3. The molecule has 2 spiro atoms. The zero-order valence-electron chi connectivity index (χ0n) is 28.4. The summed E-state index contributed by atoms with van der Waals surface area (Å²) >= 11 is 0. The van der Waals surface area contributed by atoms with Crippen LogP contribution in [-0.4, -0.2) is 92.7 Å². The number of carbonyl (C=O) groups is 1. The maximum Gasteiger partial charge on any atom is 0.332 e. The summed E-state index contributed by atoms with van der Waals surface area (Å²) in [7, 11) is 0. The fourth-order valence-corrected chi connectivity index (χ4v) is 13.7. The summed E-state index contributed by atoms with van der Waals surface area (Å²) in [5, 5.41) is 0. The summed E-state index contributed by atoms with van der Waals surface area (Å²) in [4.78, 5) is 14.5. The number of nitrogens with zero attached hydrogens (tertiary/aromatic N) is 1. The van der Waals surface area contributed by atoms with Gasteiger partial charge in [-0.1, -0.05) is 20.8 Å². The third-order valence-electron chi connectivity index (χ3n) is 15.9. The minimum Gasteiger partial charge on any atom is -0.455 e. The molecule has 4 aliphatic heterocycles. The lowest BCUT2D eigenvalue weighted by atomic mass is 9.46. The molecule has 0 bridgehead atoms. The Kier molecular flexibility index (Phi) is 6.82. The first-order valence-corrected chi connectivity index (χ1v) is 18.5. The average Bonchev–Trinajstić information content (AvgIpc) is 3.53. The normalized spacial score (nSPS) is 53.5. The molecule has 0 radical (unpaired) electrons. The highest BCUT2D eigenvalue weighted by Gasteiger charge is 2.80. The number of hydrogen-bond acceptors (Lipinski definition) is 8. The van der Waals surface area contributed by atoms with Gasteiger partial charge >= 0.3 is 5.97 Å². The number of carbonyl (C=O) groups excluding carboxylic acids is 1. The maximum atomic E-state index is 12.0. The van der Waals surface area contributed by atoms with Gasteiger partial charge in [0.15, 0.2) is 6.29 Å². The molecule has 8 unspecified atom stereocenters. The molecular weight excluding hydrogens is 570 g/mol. The Morgan fingerprint density at radius 1 is 0.867 bits per heavy atom. The van der Waals surface area contributed by atoms with Crippen LogP contribution in [0.5, 0.6) is 0 Å². The number of hydrogen-bond donors (Lipinski definition) is 0. The van der Waals surface area contributed by atoms with E-state index in [1.165, 1.54) is 57.8 Å². The van der Waals surface area contributed by atoms with E-state index in [2.05, 4.69) is 25.7 Å². The van der Waals surface area contributed by atoms with Crippen molar-refractivity contribution < 1.29 is 34.6 Å². The molecule has 8 nitrogen and oxygen atoms in total. The number of rotatable bonds is 4. The van der Waals surface area contributed by atoms with E-state index in [9.17, 15) is 4.79 Å². The van der Waals surface area contributed by atoms with Gasteiger partial charge in [-0.25, -0.2) is 4.79 Å². The van der Waals surface area contributed by atoms with E-state index >= 15 is 0 Å². The highest BCUT2D eigenvalue weighted by Crippen LogP contribution is 2.87. The molecule has 0 N–H and O–H groups in total. The van der Waals surface area contributed by atoms with Gasteiger partial charge in [-0.15, -0.1) is 0 Å². The maximum absolute atomic E-state index is 12.0. The Morgan fingerprint density at radius 3 is 2.47 bits per heavy atom. The van der Waals surface area contributed by atoms with Crippen LogP contribution < -0.4 is 0 Å². The van der Waals surface area contributed by atoms with Crippen molar-refractivity contribution in [2.75, 3.05) is 39.5 Å². The van der Waals surface area contributed by atoms with Gasteiger partial charge in [0, 0.05) is 7.97 Å². The Hall–Kier alpha value is -0.770. The smallest absolute Gasteiger partial charge is 0.332 e. The van der Waals surface area contributed by atoms with E-state index in [1.54, 1.807) is 0 Å². The van der Waals surface area contributed by atoms with E-state index in [0.717, 1.165) is 57.1 Å². The van der Waals surface area contributed by atoms with Crippen molar-refractivity contribution in [2.24, 2.45) is 45.3 Å². The van der Waals surface area contributed by atoms with Crippen molar-refractivity contribution in [1.29, 1.82) is 0 Å². The standard InChI is InChI=1S/C37H57NO7.H2/c1-33(2)28-9-7-23-25-16-27-24(6-8-26(43-27)32-34(3,4)45-30(39)20-42-32)35(25,5)12-13-36(23)21-37(28,36)11-10-29(33)44-31-17-38(14-15-41-31)22-18-40-19-22;/h22-29,31-32H,6-21H2,1-5H3;1H/t23?,24?,25?,26?,27?,28?,29-,31?,32-,35?,36-,37+;/m0./s1. The number of ether oxygens (including phenoxy) is 6. The number of esters is 1. The van der Waals surface area contributed by atoms with E-state index in [4.69, 9.17) is 28.4 Å².